The molecule has 7 heteroatoms. The second kappa shape index (κ2) is 9.26. The zero-order valence-corrected chi connectivity index (χ0v) is 17.7. The Hall–Kier alpha value is -2.31. The number of benzene rings is 2. The van der Waals surface area contributed by atoms with Gasteiger partial charge in [-0.2, -0.15) is 0 Å². The van der Waals surface area contributed by atoms with Crippen LogP contribution in [0, 0.1) is 5.92 Å². The maximum atomic E-state index is 12.4. The Balaban J connectivity index is 1.93. The number of nitrogens with one attached hydrogen (secondary N) is 1. The van der Waals surface area contributed by atoms with Gasteiger partial charge in [-0.25, -0.2) is 0 Å². The summed E-state index contributed by atoms with van der Waals surface area (Å²) in [5, 5.41) is 12.8. The minimum Gasteiger partial charge on any atom is -0.355 e. The molecule has 3 aromatic rings. The van der Waals surface area contributed by atoms with Crippen molar-refractivity contribution in [1.29, 1.82) is 0 Å². The maximum absolute atomic E-state index is 12.4. The lowest BCUT2D eigenvalue weighted by molar-refractivity contribution is -0.120. The molecule has 1 amide bonds. The number of aromatic nitrogens is 3. The number of rotatable bonds is 7. The summed E-state index contributed by atoms with van der Waals surface area (Å²) in [6.45, 7) is 6.68. The molecule has 1 aromatic heterocycles. The summed E-state index contributed by atoms with van der Waals surface area (Å²) in [5.74, 6) is 1.11. The fourth-order valence-corrected chi connectivity index (χ4v) is 3.62. The molecular weight excluding hydrogens is 392 g/mol. The van der Waals surface area contributed by atoms with Crippen molar-refractivity contribution < 1.29 is 4.79 Å². The van der Waals surface area contributed by atoms with E-state index >= 15 is 0 Å². The number of hydrogen-bond acceptors (Lipinski definition) is 4. The molecule has 0 saturated carbocycles. The SMILES string of the molecule is CC(C)CNC(=O)C(C)Sc1nnc(-c2ccc(Cl)cc2)n1-c1ccccc1. The van der Waals surface area contributed by atoms with Crippen LogP contribution >= 0.6 is 23.4 Å². The first-order chi connectivity index (χ1) is 13.5. The number of amides is 1. The van der Waals surface area contributed by atoms with Crippen molar-refractivity contribution in [2.75, 3.05) is 6.54 Å². The highest BCUT2D eigenvalue weighted by molar-refractivity contribution is 8.00. The van der Waals surface area contributed by atoms with Crippen LogP contribution in [0.1, 0.15) is 20.8 Å². The molecule has 146 valence electrons. The van der Waals surface area contributed by atoms with E-state index in [1.807, 2.05) is 66.1 Å². The smallest absolute Gasteiger partial charge is 0.233 e. The fourth-order valence-electron chi connectivity index (χ4n) is 2.60. The third-order valence-electron chi connectivity index (χ3n) is 4.09. The molecule has 1 unspecified atom stereocenters. The number of halogens is 1. The van der Waals surface area contributed by atoms with Crippen LogP contribution in [0.4, 0.5) is 0 Å². The molecule has 28 heavy (non-hydrogen) atoms. The molecule has 0 spiro atoms. The van der Waals surface area contributed by atoms with Crippen molar-refractivity contribution in [3.05, 3.63) is 59.6 Å². The summed E-state index contributed by atoms with van der Waals surface area (Å²) in [6, 6.07) is 17.4. The lowest BCUT2D eigenvalue weighted by Gasteiger charge is -2.14. The first kappa shape index (κ1) is 20.4. The topological polar surface area (TPSA) is 59.8 Å². The van der Waals surface area contributed by atoms with Crippen LogP contribution in [0.5, 0.6) is 0 Å². The van der Waals surface area contributed by atoms with Crippen LogP contribution < -0.4 is 5.32 Å². The number of carbonyl (C=O) groups excluding carboxylic acids is 1. The molecule has 0 aliphatic heterocycles. The Labute approximate surface area is 174 Å². The van der Waals surface area contributed by atoms with Crippen molar-refractivity contribution in [3.63, 3.8) is 0 Å². The molecule has 0 fully saturated rings. The molecule has 0 saturated heterocycles. The summed E-state index contributed by atoms with van der Waals surface area (Å²) in [7, 11) is 0. The van der Waals surface area contributed by atoms with Crippen LogP contribution in [0.15, 0.2) is 59.8 Å². The Kier molecular flexibility index (Phi) is 6.75. The van der Waals surface area contributed by atoms with Gasteiger partial charge in [0.05, 0.1) is 5.25 Å². The third-order valence-corrected chi connectivity index (χ3v) is 5.38. The number of carbonyl (C=O) groups is 1. The van der Waals surface area contributed by atoms with Gasteiger partial charge in [0.25, 0.3) is 0 Å². The van der Waals surface area contributed by atoms with Gasteiger partial charge in [0, 0.05) is 22.8 Å². The van der Waals surface area contributed by atoms with Gasteiger partial charge in [-0.1, -0.05) is 55.4 Å². The van der Waals surface area contributed by atoms with Crippen LogP contribution in [0.3, 0.4) is 0 Å². The van der Waals surface area contributed by atoms with Crippen molar-refractivity contribution in [3.8, 4) is 17.1 Å². The molecule has 1 atom stereocenters. The van der Waals surface area contributed by atoms with E-state index in [-0.39, 0.29) is 11.2 Å². The van der Waals surface area contributed by atoms with E-state index in [9.17, 15) is 4.79 Å². The fraction of sp³-hybridized carbons (Fsp3) is 0.286. The summed E-state index contributed by atoms with van der Waals surface area (Å²) < 4.78 is 1.97. The molecule has 0 aliphatic rings. The average Bonchev–Trinajstić information content (AvgIpc) is 3.10. The van der Waals surface area contributed by atoms with Gasteiger partial charge in [0.15, 0.2) is 11.0 Å². The van der Waals surface area contributed by atoms with E-state index in [4.69, 9.17) is 11.6 Å². The van der Waals surface area contributed by atoms with E-state index in [1.165, 1.54) is 11.8 Å². The highest BCUT2D eigenvalue weighted by atomic mass is 35.5. The average molecular weight is 415 g/mol. The lowest BCUT2D eigenvalue weighted by atomic mass is 10.2. The number of thioether (sulfide) groups is 1. The van der Waals surface area contributed by atoms with E-state index in [0.29, 0.717) is 28.5 Å². The second-order valence-corrected chi connectivity index (χ2v) is 8.63. The molecule has 1 heterocycles. The molecule has 2 aromatic carbocycles. The first-order valence-electron chi connectivity index (χ1n) is 9.17. The van der Waals surface area contributed by atoms with Crippen LogP contribution in [-0.2, 0) is 4.79 Å². The zero-order valence-electron chi connectivity index (χ0n) is 16.1. The number of hydrogen-bond donors (Lipinski definition) is 1. The van der Waals surface area contributed by atoms with Gasteiger partial charge in [0.1, 0.15) is 0 Å². The molecule has 0 bridgehead atoms. The first-order valence-corrected chi connectivity index (χ1v) is 10.4. The summed E-state index contributed by atoms with van der Waals surface area (Å²) in [6.07, 6.45) is 0. The van der Waals surface area contributed by atoms with E-state index in [1.54, 1.807) is 0 Å². The molecule has 3 rings (SSSR count). The van der Waals surface area contributed by atoms with Gasteiger partial charge in [0.2, 0.25) is 5.91 Å². The quantitative estimate of drug-likeness (QED) is 0.562. The van der Waals surface area contributed by atoms with Gasteiger partial charge < -0.3 is 5.32 Å². The van der Waals surface area contributed by atoms with Gasteiger partial charge in [-0.3, -0.25) is 9.36 Å². The molecule has 1 N–H and O–H groups in total. The van der Waals surface area contributed by atoms with E-state index in [0.717, 1.165) is 11.3 Å². The van der Waals surface area contributed by atoms with Gasteiger partial charge in [-0.05, 0) is 49.2 Å². The molecular formula is C21H23ClN4OS. The zero-order chi connectivity index (χ0) is 20.1. The van der Waals surface area contributed by atoms with Gasteiger partial charge in [-0.15, -0.1) is 10.2 Å². The molecule has 0 radical (unpaired) electrons. The summed E-state index contributed by atoms with van der Waals surface area (Å²) in [4.78, 5) is 12.4. The van der Waals surface area contributed by atoms with E-state index < -0.39 is 0 Å². The van der Waals surface area contributed by atoms with Crippen molar-refractivity contribution in [1.82, 2.24) is 20.1 Å². The number of para-hydroxylation sites is 1. The molecule has 5 nitrogen and oxygen atoms in total. The predicted molar refractivity (Wildman–Crippen MR) is 115 cm³/mol. The van der Waals surface area contributed by atoms with Crippen LogP contribution in [0.25, 0.3) is 17.1 Å². The highest BCUT2D eigenvalue weighted by Gasteiger charge is 2.21. The Morgan fingerprint density at radius 1 is 1.07 bits per heavy atom. The monoisotopic (exact) mass is 414 g/mol. The van der Waals surface area contributed by atoms with Gasteiger partial charge >= 0.3 is 0 Å². The van der Waals surface area contributed by atoms with Crippen molar-refractivity contribution >= 4 is 29.3 Å². The number of nitrogens with zero attached hydrogens (tertiary/aromatic N) is 3. The Morgan fingerprint density at radius 2 is 1.75 bits per heavy atom. The largest absolute Gasteiger partial charge is 0.355 e. The van der Waals surface area contributed by atoms with Crippen molar-refractivity contribution in [2.24, 2.45) is 5.92 Å². The predicted octanol–water partition coefficient (Wildman–Crippen LogP) is 4.84. The second-order valence-electron chi connectivity index (χ2n) is 6.88. The summed E-state index contributed by atoms with van der Waals surface area (Å²) in [5.41, 5.74) is 1.85. The van der Waals surface area contributed by atoms with Crippen LogP contribution in [0.2, 0.25) is 5.02 Å². The van der Waals surface area contributed by atoms with Crippen molar-refractivity contribution in [2.45, 2.75) is 31.2 Å². The Morgan fingerprint density at radius 3 is 2.39 bits per heavy atom. The van der Waals surface area contributed by atoms with E-state index in [2.05, 4.69) is 29.4 Å². The molecule has 0 aliphatic carbocycles. The maximum Gasteiger partial charge on any atom is 0.233 e. The summed E-state index contributed by atoms with van der Waals surface area (Å²) >= 11 is 7.42. The normalized spacial score (nSPS) is 12.2. The standard InChI is InChI=1S/C21H23ClN4OS/c1-14(2)13-23-20(27)15(3)28-21-25-24-19(16-9-11-17(22)12-10-16)26(21)18-7-5-4-6-8-18/h4-12,14-15H,13H2,1-3H3,(H,23,27). The minimum absolute atomic E-state index is 0.00523. The third kappa shape index (κ3) is 4.94. The Bertz CT molecular complexity index is 925. The van der Waals surface area contributed by atoms with Crippen LogP contribution in [-0.4, -0.2) is 32.5 Å². The highest BCUT2D eigenvalue weighted by Crippen LogP contribution is 2.30. The minimum atomic E-state index is -0.288. The lowest BCUT2D eigenvalue weighted by Crippen LogP contribution is -2.33.